The molecule has 0 aromatic carbocycles. The summed E-state index contributed by atoms with van der Waals surface area (Å²) in [5.41, 5.74) is -0.164. The standard InChI is InChI=1S/C11H18O3/c1-5-11(6-2,7-12)8-14-10(13)9(3)4/h7H,3,5-6,8H2,1-2,4H3. The molecule has 0 unspecified atom stereocenters. The van der Waals surface area contributed by atoms with Gasteiger partial charge in [0.05, 0.1) is 5.41 Å². The molecule has 0 aliphatic carbocycles. The Morgan fingerprint density at radius 3 is 2.21 bits per heavy atom. The molecule has 0 fully saturated rings. The third kappa shape index (κ3) is 3.32. The zero-order valence-electron chi connectivity index (χ0n) is 9.13. The van der Waals surface area contributed by atoms with Gasteiger partial charge in [0.1, 0.15) is 12.9 Å². The summed E-state index contributed by atoms with van der Waals surface area (Å²) >= 11 is 0. The first kappa shape index (κ1) is 12.9. The molecule has 0 heterocycles. The maximum Gasteiger partial charge on any atom is 0.333 e. The summed E-state index contributed by atoms with van der Waals surface area (Å²) < 4.78 is 4.97. The molecular weight excluding hydrogens is 180 g/mol. The minimum absolute atomic E-state index is 0.148. The van der Waals surface area contributed by atoms with E-state index in [1.54, 1.807) is 6.92 Å². The molecule has 0 aromatic rings. The van der Waals surface area contributed by atoms with Gasteiger partial charge in [0.15, 0.2) is 0 Å². The van der Waals surface area contributed by atoms with Crippen LogP contribution in [0.1, 0.15) is 33.6 Å². The van der Waals surface area contributed by atoms with Gasteiger partial charge in [0, 0.05) is 5.57 Å². The van der Waals surface area contributed by atoms with Gasteiger partial charge in [0.25, 0.3) is 0 Å². The highest BCUT2D eigenvalue weighted by atomic mass is 16.5. The highest BCUT2D eigenvalue weighted by Crippen LogP contribution is 2.23. The Morgan fingerprint density at radius 1 is 1.43 bits per heavy atom. The number of rotatable bonds is 6. The van der Waals surface area contributed by atoms with Gasteiger partial charge in [-0.1, -0.05) is 20.4 Å². The molecule has 0 aliphatic rings. The van der Waals surface area contributed by atoms with E-state index in [-0.39, 0.29) is 6.61 Å². The maximum atomic E-state index is 11.1. The predicted molar refractivity (Wildman–Crippen MR) is 54.9 cm³/mol. The van der Waals surface area contributed by atoms with Crippen molar-refractivity contribution in [2.24, 2.45) is 5.41 Å². The van der Waals surface area contributed by atoms with E-state index in [4.69, 9.17) is 4.74 Å². The Labute approximate surface area is 85.1 Å². The lowest BCUT2D eigenvalue weighted by atomic mass is 9.85. The van der Waals surface area contributed by atoms with E-state index in [9.17, 15) is 9.59 Å². The minimum Gasteiger partial charge on any atom is -0.461 e. The van der Waals surface area contributed by atoms with Crippen molar-refractivity contribution in [3.05, 3.63) is 12.2 Å². The van der Waals surface area contributed by atoms with Gasteiger partial charge in [-0.2, -0.15) is 0 Å². The molecule has 0 aromatic heterocycles. The van der Waals surface area contributed by atoms with Crippen molar-refractivity contribution in [3.8, 4) is 0 Å². The molecule has 0 spiro atoms. The van der Waals surface area contributed by atoms with E-state index < -0.39 is 11.4 Å². The summed E-state index contributed by atoms with van der Waals surface area (Å²) in [5.74, 6) is -0.432. The zero-order chi connectivity index (χ0) is 11.2. The van der Waals surface area contributed by atoms with Crippen LogP contribution in [0, 0.1) is 5.41 Å². The average molecular weight is 198 g/mol. The second-order valence-corrected chi connectivity index (χ2v) is 3.54. The van der Waals surface area contributed by atoms with Crippen LogP contribution in [0.25, 0.3) is 0 Å². The van der Waals surface area contributed by atoms with E-state index in [0.29, 0.717) is 18.4 Å². The Bertz CT molecular complexity index is 227. The molecular formula is C11H18O3. The molecule has 3 nitrogen and oxygen atoms in total. The topological polar surface area (TPSA) is 43.4 Å². The summed E-state index contributed by atoms with van der Waals surface area (Å²) in [6.07, 6.45) is 2.23. The fourth-order valence-electron chi connectivity index (χ4n) is 0.987. The van der Waals surface area contributed by atoms with E-state index >= 15 is 0 Å². The normalized spacial score (nSPS) is 10.8. The van der Waals surface area contributed by atoms with E-state index in [0.717, 1.165) is 6.29 Å². The number of hydrogen-bond donors (Lipinski definition) is 0. The smallest absolute Gasteiger partial charge is 0.333 e. The maximum absolute atomic E-state index is 11.1. The highest BCUT2D eigenvalue weighted by Gasteiger charge is 2.27. The molecule has 0 bridgehead atoms. The monoisotopic (exact) mass is 198 g/mol. The van der Waals surface area contributed by atoms with Crippen molar-refractivity contribution in [2.75, 3.05) is 6.61 Å². The van der Waals surface area contributed by atoms with Crippen LogP contribution >= 0.6 is 0 Å². The Hall–Kier alpha value is -1.12. The lowest BCUT2D eigenvalue weighted by molar-refractivity contribution is -0.144. The fourth-order valence-corrected chi connectivity index (χ4v) is 0.987. The van der Waals surface area contributed by atoms with E-state index in [1.165, 1.54) is 0 Å². The molecule has 0 radical (unpaired) electrons. The average Bonchev–Trinajstić information content (AvgIpc) is 2.20. The van der Waals surface area contributed by atoms with E-state index in [1.807, 2.05) is 13.8 Å². The van der Waals surface area contributed by atoms with Crippen molar-refractivity contribution in [1.82, 2.24) is 0 Å². The minimum atomic E-state index is -0.523. The van der Waals surface area contributed by atoms with Gasteiger partial charge >= 0.3 is 5.97 Å². The van der Waals surface area contributed by atoms with Crippen molar-refractivity contribution in [3.63, 3.8) is 0 Å². The summed E-state index contributed by atoms with van der Waals surface area (Å²) in [5, 5.41) is 0. The van der Waals surface area contributed by atoms with Crippen molar-refractivity contribution in [1.29, 1.82) is 0 Å². The second-order valence-electron chi connectivity index (χ2n) is 3.54. The molecule has 0 atom stereocenters. The molecule has 3 heteroatoms. The third-order valence-electron chi connectivity index (χ3n) is 2.50. The van der Waals surface area contributed by atoms with Crippen molar-refractivity contribution in [2.45, 2.75) is 33.6 Å². The van der Waals surface area contributed by atoms with Gasteiger partial charge in [-0.05, 0) is 19.8 Å². The Kier molecular flexibility index (Phi) is 5.13. The second kappa shape index (κ2) is 5.58. The van der Waals surface area contributed by atoms with Crippen LogP contribution < -0.4 is 0 Å². The molecule has 0 saturated heterocycles. The lowest BCUT2D eigenvalue weighted by Crippen LogP contribution is -2.28. The predicted octanol–water partition coefficient (Wildman–Crippen LogP) is 2.11. The van der Waals surface area contributed by atoms with Gasteiger partial charge in [-0.15, -0.1) is 0 Å². The van der Waals surface area contributed by atoms with Crippen LogP contribution in [0.5, 0.6) is 0 Å². The highest BCUT2D eigenvalue weighted by molar-refractivity contribution is 5.87. The van der Waals surface area contributed by atoms with Gasteiger partial charge in [0.2, 0.25) is 0 Å². The lowest BCUT2D eigenvalue weighted by Gasteiger charge is -2.24. The summed E-state index contributed by atoms with van der Waals surface area (Å²) in [7, 11) is 0. The van der Waals surface area contributed by atoms with Crippen LogP contribution in [-0.2, 0) is 14.3 Å². The number of ether oxygens (including phenoxy) is 1. The molecule has 14 heavy (non-hydrogen) atoms. The Morgan fingerprint density at radius 2 is 1.93 bits per heavy atom. The molecule has 0 N–H and O–H groups in total. The van der Waals surface area contributed by atoms with Crippen LogP contribution in [-0.4, -0.2) is 18.9 Å². The van der Waals surface area contributed by atoms with Crippen LogP contribution in [0.4, 0.5) is 0 Å². The number of carbonyl (C=O) groups excluding carboxylic acids is 2. The molecule has 0 amide bonds. The molecule has 0 rings (SSSR count). The first-order valence-electron chi connectivity index (χ1n) is 4.80. The van der Waals surface area contributed by atoms with Crippen LogP contribution in [0.15, 0.2) is 12.2 Å². The van der Waals surface area contributed by atoms with E-state index in [2.05, 4.69) is 6.58 Å². The summed E-state index contributed by atoms with van der Waals surface area (Å²) in [6, 6.07) is 0. The largest absolute Gasteiger partial charge is 0.461 e. The van der Waals surface area contributed by atoms with Gasteiger partial charge < -0.3 is 9.53 Å². The van der Waals surface area contributed by atoms with Gasteiger partial charge in [-0.3, -0.25) is 0 Å². The number of carbonyl (C=O) groups is 2. The number of esters is 1. The third-order valence-corrected chi connectivity index (χ3v) is 2.50. The summed E-state index contributed by atoms with van der Waals surface area (Å²) in [6.45, 7) is 9.02. The van der Waals surface area contributed by atoms with Crippen molar-refractivity contribution >= 4 is 12.3 Å². The Balaban J connectivity index is 4.26. The van der Waals surface area contributed by atoms with Gasteiger partial charge in [-0.25, -0.2) is 4.79 Å². The van der Waals surface area contributed by atoms with Crippen molar-refractivity contribution < 1.29 is 14.3 Å². The summed E-state index contributed by atoms with van der Waals surface area (Å²) in [4.78, 5) is 22.0. The number of hydrogen-bond acceptors (Lipinski definition) is 3. The first-order chi connectivity index (χ1) is 6.51. The zero-order valence-corrected chi connectivity index (χ0v) is 9.13. The number of aldehydes is 1. The molecule has 80 valence electrons. The van der Waals surface area contributed by atoms with Crippen LogP contribution in [0.3, 0.4) is 0 Å². The SMILES string of the molecule is C=C(C)C(=O)OCC(C=O)(CC)CC. The molecule has 0 aliphatic heterocycles. The fraction of sp³-hybridized carbons (Fsp3) is 0.636. The van der Waals surface area contributed by atoms with Crippen LogP contribution in [0.2, 0.25) is 0 Å². The molecule has 0 saturated carbocycles. The quantitative estimate of drug-likeness (QED) is 0.373. The first-order valence-corrected chi connectivity index (χ1v) is 4.80.